The first-order valence-electron chi connectivity index (χ1n) is 9.75. The molecule has 4 rings (SSSR count). The summed E-state index contributed by atoms with van der Waals surface area (Å²) < 4.78 is 11.6. The van der Waals surface area contributed by atoms with Crippen LogP contribution in [0.25, 0.3) is 11.0 Å². The summed E-state index contributed by atoms with van der Waals surface area (Å²) in [5, 5.41) is 3.40. The van der Waals surface area contributed by atoms with Gasteiger partial charge in [0.2, 0.25) is 5.76 Å². The molecule has 0 aliphatic carbocycles. The fourth-order valence-electron chi connectivity index (χ4n) is 3.54. The van der Waals surface area contributed by atoms with E-state index in [9.17, 15) is 9.59 Å². The van der Waals surface area contributed by atoms with Gasteiger partial charge in [-0.2, -0.15) is 0 Å². The molecule has 1 aliphatic rings. The minimum absolute atomic E-state index is 0.101. The first kappa shape index (κ1) is 18.3. The summed E-state index contributed by atoms with van der Waals surface area (Å²) in [6.45, 7) is 4.78. The highest BCUT2D eigenvalue weighted by Gasteiger charge is 2.36. The van der Waals surface area contributed by atoms with Crippen LogP contribution in [-0.4, -0.2) is 12.5 Å². The van der Waals surface area contributed by atoms with E-state index in [-0.39, 0.29) is 17.1 Å². The van der Waals surface area contributed by atoms with Crippen LogP contribution in [-0.2, 0) is 6.42 Å². The third kappa shape index (κ3) is 3.17. The Balaban J connectivity index is 1.79. The molecular formula is C23H23NO4. The smallest absolute Gasteiger partial charge is 0.288 e. The van der Waals surface area contributed by atoms with Crippen LogP contribution in [0.2, 0.25) is 0 Å². The Kier molecular flexibility index (Phi) is 4.90. The van der Waals surface area contributed by atoms with E-state index in [1.165, 1.54) is 0 Å². The van der Waals surface area contributed by atoms with Gasteiger partial charge >= 0.3 is 0 Å². The zero-order chi connectivity index (χ0) is 19.7. The summed E-state index contributed by atoms with van der Waals surface area (Å²) in [4.78, 5) is 25.7. The number of ether oxygens (including phenoxy) is 1. The summed E-state index contributed by atoms with van der Waals surface area (Å²) in [6, 6.07) is 12.5. The van der Waals surface area contributed by atoms with E-state index in [1.807, 2.05) is 43.3 Å². The summed E-state index contributed by atoms with van der Waals surface area (Å²) in [5.74, 6) is 0.465. The van der Waals surface area contributed by atoms with Gasteiger partial charge in [-0.3, -0.25) is 9.59 Å². The molecule has 1 amide bonds. The lowest BCUT2D eigenvalue weighted by Crippen LogP contribution is -2.22. The van der Waals surface area contributed by atoms with Crippen molar-refractivity contribution >= 4 is 16.9 Å². The molecule has 0 saturated carbocycles. The lowest BCUT2D eigenvalue weighted by atomic mass is 9.98. The molecule has 2 heterocycles. The number of benzene rings is 2. The number of carbonyl (C=O) groups excluding carboxylic acids is 1. The van der Waals surface area contributed by atoms with E-state index in [0.717, 1.165) is 36.1 Å². The average Bonchev–Trinajstić information content (AvgIpc) is 3.05. The van der Waals surface area contributed by atoms with E-state index in [1.54, 1.807) is 6.07 Å². The summed E-state index contributed by atoms with van der Waals surface area (Å²) >= 11 is 0. The molecule has 0 fully saturated rings. The summed E-state index contributed by atoms with van der Waals surface area (Å²) in [7, 11) is 0. The maximum absolute atomic E-state index is 13.2. The van der Waals surface area contributed by atoms with Crippen LogP contribution in [0.3, 0.4) is 0 Å². The van der Waals surface area contributed by atoms with Gasteiger partial charge in [-0.25, -0.2) is 0 Å². The minimum atomic E-state index is -0.539. The SMILES string of the molecule is CCCCOc1cccc(C2NC(=O)c3oc4ccc(CC)cc4c(=O)c32)c1. The Morgan fingerprint density at radius 2 is 1.96 bits per heavy atom. The topological polar surface area (TPSA) is 68.5 Å². The quantitative estimate of drug-likeness (QED) is 0.648. The number of nitrogens with one attached hydrogen (secondary N) is 1. The second-order valence-corrected chi connectivity index (χ2v) is 7.04. The summed E-state index contributed by atoms with van der Waals surface area (Å²) in [6.07, 6.45) is 2.85. The van der Waals surface area contributed by atoms with Gasteiger partial charge in [0.1, 0.15) is 11.3 Å². The Labute approximate surface area is 163 Å². The first-order chi connectivity index (χ1) is 13.6. The van der Waals surface area contributed by atoms with E-state index in [2.05, 4.69) is 12.2 Å². The molecule has 0 saturated heterocycles. The molecule has 5 nitrogen and oxygen atoms in total. The van der Waals surface area contributed by atoms with Crippen molar-refractivity contribution < 1.29 is 13.9 Å². The van der Waals surface area contributed by atoms with E-state index < -0.39 is 6.04 Å². The number of carbonyl (C=O) groups is 1. The highest BCUT2D eigenvalue weighted by molar-refractivity contribution is 5.99. The molecule has 1 atom stereocenters. The predicted octanol–water partition coefficient (Wildman–Crippen LogP) is 4.37. The van der Waals surface area contributed by atoms with Crippen molar-refractivity contribution in [2.24, 2.45) is 0 Å². The fourth-order valence-corrected chi connectivity index (χ4v) is 3.54. The van der Waals surface area contributed by atoms with Gasteiger partial charge in [0.25, 0.3) is 5.91 Å². The lowest BCUT2D eigenvalue weighted by Gasteiger charge is -2.13. The molecule has 1 N–H and O–H groups in total. The number of hydrogen-bond donors (Lipinski definition) is 1. The average molecular weight is 377 g/mol. The molecule has 144 valence electrons. The number of fused-ring (bicyclic) bond motifs is 2. The third-order valence-corrected chi connectivity index (χ3v) is 5.13. The molecule has 0 spiro atoms. The number of hydrogen-bond acceptors (Lipinski definition) is 4. The summed E-state index contributed by atoms with van der Waals surface area (Å²) in [5.41, 5.74) is 2.51. The largest absolute Gasteiger partial charge is 0.494 e. The maximum Gasteiger partial charge on any atom is 0.288 e. The highest BCUT2D eigenvalue weighted by Crippen LogP contribution is 2.32. The predicted molar refractivity (Wildman–Crippen MR) is 108 cm³/mol. The Morgan fingerprint density at radius 3 is 2.75 bits per heavy atom. The van der Waals surface area contributed by atoms with Crippen molar-refractivity contribution in [3.05, 3.63) is 75.1 Å². The molecule has 0 radical (unpaired) electrons. The molecule has 0 bridgehead atoms. The molecule has 28 heavy (non-hydrogen) atoms. The zero-order valence-corrected chi connectivity index (χ0v) is 16.1. The van der Waals surface area contributed by atoms with Gasteiger partial charge < -0.3 is 14.5 Å². The standard InChI is InChI=1S/C23H23NO4/c1-3-5-11-27-16-8-6-7-15(13-16)20-19-21(25)17-12-14(4-2)9-10-18(17)28-22(19)23(26)24-20/h6-10,12-13,20H,3-5,11H2,1-2H3,(H,24,26). The van der Waals surface area contributed by atoms with Crippen LogP contribution in [0.1, 0.15) is 60.0 Å². The van der Waals surface area contributed by atoms with E-state index >= 15 is 0 Å². The zero-order valence-electron chi connectivity index (χ0n) is 16.1. The fraction of sp³-hybridized carbons (Fsp3) is 0.304. The van der Waals surface area contributed by atoms with Gasteiger partial charge in [0, 0.05) is 0 Å². The molecule has 3 aromatic rings. The second-order valence-electron chi connectivity index (χ2n) is 7.04. The first-order valence-corrected chi connectivity index (χ1v) is 9.75. The van der Waals surface area contributed by atoms with Crippen LogP contribution < -0.4 is 15.5 Å². The Bertz CT molecular complexity index is 1100. The van der Waals surface area contributed by atoms with Gasteiger partial charge in [0.05, 0.1) is 23.6 Å². The second kappa shape index (κ2) is 7.50. The Morgan fingerprint density at radius 1 is 1.11 bits per heavy atom. The normalized spacial score (nSPS) is 15.5. The monoisotopic (exact) mass is 377 g/mol. The molecule has 1 unspecified atom stereocenters. The Hall–Kier alpha value is -3.08. The third-order valence-electron chi connectivity index (χ3n) is 5.13. The van der Waals surface area contributed by atoms with Crippen molar-refractivity contribution in [3.8, 4) is 5.75 Å². The van der Waals surface area contributed by atoms with Gasteiger partial charge in [0.15, 0.2) is 5.43 Å². The molecule has 1 aromatic heterocycles. The number of aryl methyl sites for hydroxylation is 1. The van der Waals surface area contributed by atoms with Crippen LogP contribution in [0.15, 0.2) is 51.7 Å². The highest BCUT2D eigenvalue weighted by atomic mass is 16.5. The minimum Gasteiger partial charge on any atom is -0.494 e. The molecular weight excluding hydrogens is 354 g/mol. The molecule has 5 heteroatoms. The van der Waals surface area contributed by atoms with Crippen molar-refractivity contribution in [2.45, 2.75) is 39.2 Å². The van der Waals surface area contributed by atoms with Crippen molar-refractivity contribution in [3.63, 3.8) is 0 Å². The lowest BCUT2D eigenvalue weighted by molar-refractivity contribution is 0.0938. The molecule has 1 aliphatic heterocycles. The number of rotatable bonds is 6. The number of unbranched alkanes of at least 4 members (excludes halogenated alkanes) is 1. The number of amides is 1. The van der Waals surface area contributed by atoms with E-state index in [0.29, 0.717) is 23.1 Å². The van der Waals surface area contributed by atoms with Crippen LogP contribution in [0.4, 0.5) is 0 Å². The molecule has 2 aromatic carbocycles. The maximum atomic E-state index is 13.2. The van der Waals surface area contributed by atoms with Crippen LogP contribution in [0.5, 0.6) is 5.75 Å². The van der Waals surface area contributed by atoms with E-state index in [4.69, 9.17) is 9.15 Å². The van der Waals surface area contributed by atoms with Gasteiger partial charge in [-0.05, 0) is 48.2 Å². The van der Waals surface area contributed by atoms with Crippen molar-refractivity contribution in [1.82, 2.24) is 5.32 Å². The van der Waals surface area contributed by atoms with Crippen LogP contribution >= 0.6 is 0 Å². The van der Waals surface area contributed by atoms with Crippen molar-refractivity contribution in [2.75, 3.05) is 6.61 Å². The van der Waals surface area contributed by atoms with Gasteiger partial charge in [-0.1, -0.05) is 38.5 Å². The van der Waals surface area contributed by atoms with Gasteiger partial charge in [-0.15, -0.1) is 0 Å². The van der Waals surface area contributed by atoms with Crippen molar-refractivity contribution in [1.29, 1.82) is 0 Å². The van der Waals surface area contributed by atoms with Crippen LogP contribution in [0, 0.1) is 0 Å².